The second-order valence-electron chi connectivity index (χ2n) is 8.68. The summed E-state index contributed by atoms with van der Waals surface area (Å²) in [7, 11) is 3.38. The van der Waals surface area contributed by atoms with Gasteiger partial charge in [-0.05, 0) is 73.6 Å². The minimum absolute atomic E-state index is 0.0505. The van der Waals surface area contributed by atoms with Crippen molar-refractivity contribution in [2.24, 2.45) is 16.1 Å². The molecule has 2 aliphatic rings. The maximum Gasteiger partial charge on any atom is 0.216 e. The highest BCUT2D eigenvalue weighted by Crippen LogP contribution is 2.56. The number of nitriles is 1. The minimum atomic E-state index is -0.160. The summed E-state index contributed by atoms with van der Waals surface area (Å²) in [6, 6.07) is 15.1. The number of aliphatic imine (C=N–C) groups is 1. The first-order chi connectivity index (χ1) is 15.5. The van der Waals surface area contributed by atoms with Gasteiger partial charge in [0.15, 0.2) is 5.96 Å². The minimum Gasteiger partial charge on any atom is -0.457 e. The molecule has 7 nitrogen and oxygen atoms in total. The highest BCUT2D eigenvalue weighted by Gasteiger charge is 2.48. The molecule has 0 heterocycles. The normalized spacial score (nSPS) is 24.6. The third-order valence-corrected chi connectivity index (χ3v) is 6.78. The summed E-state index contributed by atoms with van der Waals surface area (Å²) in [5.41, 5.74) is 8.97. The molecule has 1 unspecified atom stereocenters. The molecule has 7 heteroatoms. The molecule has 0 bridgehead atoms. The summed E-state index contributed by atoms with van der Waals surface area (Å²) in [5, 5.41) is 9.15. The third-order valence-electron chi connectivity index (χ3n) is 6.78. The summed E-state index contributed by atoms with van der Waals surface area (Å²) >= 11 is 0. The highest BCUT2D eigenvalue weighted by atomic mass is 16.5. The van der Waals surface area contributed by atoms with Gasteiger partial charge in [0.1, 0.15) is 11.5 Å². The van der Waals surface area contributed by atoms with Crippen LogP contribution in [0.1, 0.15) is 48.4 Å². The van der Waals surface area contributed by atoms with Crippen molar-refractivity contribution in [1.29, 1.82) is 5.26 Å². The molecule has 1 fully saturated rings. The third kappa shape index (κ3) is 4.19. The van der Waals surface area contributed by atoms with Crippen LogP contribution in [0.25, 0.3) is 0 Å². The SMILES string of the molecule is COC1CCC2(CC1)Cc1ccc(Oc3cccc(C#N)c3)cc1C2N=C(N)N(C)C=O. The van der Waals surface area contributed by atoms with Gasteiger partial charge >= 0.3 is 0 Å². The van der Waals surface area contributed by atoms with E-state index in [0.29, 0.717) is 23.5 Å². The van der Waals surface area contributed by atoms with Crippen molar-refractivity contribution in [3.8, 4) is 17.6 Å². The molecule has 2 aromatic carbocycles. The van der Waals surface area contributed by atoms with Crippen LogP contribution in [0, 0.1) is 16.7 Å². The Balaban J connectivity index is 1.69. The first kappa shape index (κ1) is 21.8. The van der Waals surface area contributed by atoms with E-state index < -0.39 is 0 Å². The predicted molar refractivity (Wildman–Crippen MR) is 121 cm³/mol. The quantitative estimate of drug-likeness (QED) is 0.438. The fourth-order valence-corrected chi connectivity index (χ4v) is 4.96. The molecule has 2 aliphatic carbocycles. The summed E-state index contributed by atoms with van der Waals surface area (Å²) < 4.78 is 11.7. The van der Waals surface area contributed by atoms with Crippen molar-refractivity contribution in [3.63, 3.8) is 0 Å². The first-order valence-electron chi connectivity index (χ1n) is 10.8. The number of carbonyl (C=O) groups is 1. The Kier molecular flexibility index (Phi) is 6.15. The van der Waals surface area contributed by atoms with E-state index in [-0.39, 0.29) is 23.5 Å². The van der Waals surface area contributed by atoms with Crippen molar-refractivity contribution in [3.05, 3.63) is 59.2 Å². The van der Waals surface area contributed by atoms with Crippen LogP contribution in [0.4, 0.5) is 0 Å². The van der Waals surface area contributed by atoms with Gasteiger partial charge in [-0.3, -0.25) is 9.69 Å². The van der Waals surface area contributed by atoms with E-state index in [2.05, 4.69) is 12.1 Å². The van der Waals surface area contributed by atoms with E-state index in [0.717, 1.165) is 37.7 Å². The van der Waals surface area contributed by atoms with Gasteiger partial charge in [0.05, 0.1) is 23.8 Å². The van der Waals surface area contributed by atoms with E-state index in [9.17, 15) is 4.79 Å². The Labute approximate surface area is 188 Å². The summed E-state index contributed by atoms with van der Waals surface area (Å²) in [5.74, 6) is 1.50. The number of guanidine groups is 1. The smallest absolute Gasteiger partial charge is 0.216 e. The van der Waals surface area contributed by atoms with Gasteiger partial charge in [0, 0.05) is 19.6 Å². The molecule has 166 valence electrons. The fourth-order valence-electron chi connectivity index (χ4n) is 4.96. The van der Waals surface area contributed by atoms with E-state index in [1.54, 1.807) is 32.4 Å². The van der Waals surface area contributed by atoms with Crippen LogP contribution in [0.3, 0.4) is 0 Å². The van der Waals surface area contributed by atoms with Crippen LogP contribution in [-0.2, 0) is 16.0 Å². The molecule has 1 amide bonds. The fraction of sp³-hybridized carbons (Fsp3) is 0.400. The molecule has 1 spiro atoms. The number of hydrogen-bond donors (Lipinski definition) is 1. The number of nitrogens with zero attached hydrogens (tertiary/aromatic N) is 3. The molecule has 4 rings (SSSR count). The van der Waals surface area contributed by atoms with Crippen LogP contribution >= 0.6 is 0 Å². The number of amides is 1. The monoisotopic (exact) mass is 432 g/mol. The Morgan fingerprint density at radius 3 is 2.69 bits per heavy atom. The topological polar surface area (TPSA) is 101 Å². The van der Waals surface area contributed by atoms with Gasteiger partial charge in [0.2, 0.25) is 6.41 Å². The van der Waals surface area contributed by atoms with Gasteiger partial charge in [-0.1, -0.05) is 12.1 Å². The number of hydrogen-bond acceptors (Lipinski definition) is 5. The average Bonchev–Trinajstić information content (AvgIpc) is 3.11. The zero-order valence-corrected chi connectivity index (χ0v) is 18.5. The van der Waals surface area contributed by atoms with Gasteiger partial charge in [-0.25, -0.2) is 4.99 Å². The zero-order valence-electron chi connectivity index (χ0n) is 18.5. The molecule has 0 radical (unpaired) electrons. The zero-order chi connectivity index (χ0) is 22.7. The second kappa shape index (κ2) is 9.01. The van der Waals surface area contributed by atoms with Gasteiger partial charge in [-0.15, -0.1) is 0 Å². The van der Waals surface area contributed by atoms with Crippen molar-refractivity contribution in [2.75, 3.05) is 14.2 Å². The lowest BCUT2D eigenvalue weighted by molar-refractivity contribution is -0.114. The van der Waals surface area contributed by atoms with E-state index in [4.69, 9.17) is 25.5 Å². The Morgan fingerprint density at radius 2 is 2.00 bits per heavy atom. The molecule has 0 saturated heterocycles. The molecular formula is C25H28N4O3. The second-order valence-corrected chi connectivity index (χ2v) is 8.68. The Bertz CT molecular complexity index is 1070. The van der Waals surface area contributed by atoms with Crippen LogP contribution < -0.4 is 10.5 Å². The van der Waals surface area contributed by atoms with Gasteiger partial charge in [0.25, 0.3) is 0 Å². The van der Waals surface area contributed by atoms with Gasteiger partial charge < -0.3 is 15.2 Å². The number of benzene rings is 2. The number of methoxy groups -OCH3 is 1. The standard InChI is InChI=1S/C25H28N4O3/c1-29(16-30)24(27)28-23-22-13-21(32-20-5-3-4-17(12-20)15-26)7-6-18(22)14-25(23)10-8-19(31-2)9-11-25/h3-7,12-13,16,19,23H,8-11,14H2,1-2H3,(H2,27,28). The average molecular weight is 433 g/mol. The number of carbonyl (C=O) groups excluding carboxylic acids is 1. The van der Waals surface area contributed by atoms with E-state index >= 15 is 0 Å². The van der Waals surface area contributed by atoms with Crippen LogP contribution in [0.2, 0.25) is 0 Å². The summed E-state index contributed by atoms with van der Waals surface area (Å²) in [6.07, 6.45) is 5.77. The molecule has 0 aliphatic heterocycles. The highest BCUT2D eigenvalue weighted by molar-refractivity contribution is 5.87. The maximum absolute atomic E-state index is 11.2. The first-order valence-corrected chi connectivity index (χ1v) is 10.8. The van der Waals surface area contributed by atoms with Crippen molar-refractivity contribution >= 4 is 12.4 Å². The van der Waals surface area contributed by atoms with E-state index in [1.807, 2.05) is 18.2 Å². The number of rotatable bonds is 5. The number of ether oxygens (including phenoxy) is 2. The summed E-state index contributed by atoms with van der Waals surface area (Å²) in [4.78, 5) is 17.4. The van der Waals surface area contributed by atoms with Crippen molar-refractivity contribution < 1.29 is 14.3 Å². The molecule has 2 N–H and O–H groups in total. The molecule has 32 heavy (non-hydrogen) atoms. The van der Waals surface area contributed by atoms with Gasteiger partial charge in [-0.2, -0.15) is 5.26 Å². The lowest BCUT2D eigenvalue weighted by Gasteiger charge is -2.40. The van der Waals surface area contributed by atoms with Crippen LogP contribution in [0.5, 0.6) is 11.5 Å². The van der Waals surface area contributed by atoms with Crippen LogP contribution in [0.15, 0.2) is 47.5 Å². The molecule has 2 aromatic rings. The largest absolute Gasteiger partial charge is 0.457 e. The molecule has 1 atom stereocenters. The Hall–Kier alpha value is -3.37. The number of fused-ring (bicyclic) bond motifs is 1. The van der Waals surface area contributed by atoms with Crippen molar-refractivity contribution in [2.45, 2.75) is 44.2 Å². The molecular weight excluding hydrogens is 404 g/mol. The maximum atomic E-state index is 11.2. The molecule has 0 aromatic heterocycles. The Morgan fingerprint density at radius 1 is 1.25 bits per heavy atom. The number of nitrogens with two attached hydrogens (primary N) is 1. The lowest BCUT2D eigenvalue weighted by atomic mass is 9.68. The van der Waals surface area contributed by atoms with Crippen LogP contribution in [-0.4, -0.2) is 37.5 Å². The lowest BCUT2D eigenvalue weighted by Crippen LogP contribution is -2.37. The van der Waals surface area contributed by atoms with E-state index in [1.165, 1.54) is 10.5 Å². The predicted octanol–water partition coefficient (Wildman–Crippen LogP) is 3.93. The summed E-state index contributed by atoms with van der Waals surface area (Å²) in [6.45, 7) is 0. The van der Waals surface area contributed by atoms with Crippen molar-refractivity contribution in [1.82, 2.24) is 4.90 Å². The molecule has 1 saturated carbocycles.